The van der Waals surface area contributed by atoms with Crippen LogP contribution in [0.25, 0.3) is 0 Å². The van der Waals surface area contributed by atoms with Crippen molar-refractivity contribution < 1.29 is 46.2 Å². The molecule has 2 rings (SSSR count). The molecule has 7 N–H and O–H groups in total. The van der Waals surface area contributed by atoms with Crippen molar-refractivity contribution in [3.8, 4) is 0 Å². The Kier molecular flexibility index (Phi) is 9.70. The van der Waals surface area contributed by atoms with Gasteiger partial charge in [-0.05, 0) is 48.5 Å². The number of halogens is 3. The number of amidine groups is 1. The Balaban J connectivity index is 0.000000718. The van der Waals surface area contributed by atoms with Gasteiger partial charge in [0.05, 0.1) is 10.5 Å². The molecule has 184 valence electrons. The molecule has 0 aliphatic carbocycles. The lowest BCUT2D eigenvalue weighted by atomic mass is 10.2. The van der Waals surface area contributed by atoms with Crippen molar-refractivity contribution >= 4 is 39.4 Å². The molecule has 2 aromatic rings. The largest absolute Gasteiger partial charge is 0.490 e. The molecule has 11 nitrogen and oxygen atoms in total. The zero-order chi connectivity index (χ0) is 26.1. The maximum absolute atomic E-state index is 12.2. The summed E-state index contributed by atoms with van der Waals surface area (Å²) in [6.45, 7) is -0.115. The van der Waals surface area contributed by atoms with Gasteiger partial charge in [-0.2, -0.15) is 13.2 Å². The molecule has 2 aromatic carbocycles. The van der Waals surface area contributed by atoms with Crippen LogP contribution in [0.1, 0.15) is 22.3 Å². The lowest BCUT2D eigenvalue weighted by Gasteiger charge is -2.08. The van der Waals surface area contributed by atoms with Crippen LogP contribution in [0.5, 0.6) is 0 Å². The zero-order valence-corrected chi connectivity index (χ0v) is 17.9. The van der Waals surface area contributed by atoms with Gasteiger partial charge in [0.2, 0.25) is 15.9 Å². The molecule has 0 saturated heterocycles. The Labute approximate surface area is 191 Å². The minimum absolute atomic E-state index is 0.00262. The Bertz CT molecular complexity index is 1150. The molecule has 0 spiro atoms. The highest BCUT2D eigenvalue weighted by Crippen LogP contribution is 2.13. The second-order valence-corrected chi connectivity index (χ2v) is 8.09. The predicted octanol–water partition coefficient (Wildman–Crippen LogP) is 1.61. The average molecular weight is 504 g/mol. The van der Waals surface area contributed by atoms with Gasteiger partial charge in [0.15, 0.2) is 0 Å². The first kappa shape index (κ1) is 28.1. The number of carboxylic acid groups (broad SMARTS) is 2. The van der Waals surface area contributed by atoms with E-state index in [-0.39, 0.29) is 29.3 Å². The topological polar surface area (TPSA) is 200 Å². The van der Waals surface area contributed by atoms with Crippen molar-refractivity contribution in [1.29, 1.82) is 5.41 Å². The van der Waals surface area contributed by atoms with E-state index in [1.165, 1.54) is 48.5 Å². The van der Waals surface area contributed by atoms with Gasteiger partial charge in [-0.1, -0.05) is 0 Å². The van der Waals surface area contributed by atoms with Crippen molar-refractivity contribution in [1.82, 2.24) is 4.72 Å². The van der Waals surface area contributed by atoms with E-state index in [1.54, 1.807) is 0 Å². The van der Waals surface area contributed by atoms with Crippen LogP contribution in [0.4, 0.5) is 18.9 Å². The summed E-state index contributed by atoms with van der Waals surface area (Å²) in [4.78, 5) is 31.5. The fourth-order valence-corrected chi connectivity index (χ4v) is 3.15. The molecule has 0 heterocycles. The molecule has 15 heteroatoms. The SMILES string of the molecule is N=C(N)c1ccc(S(=O)(=O)NCCC(=O)Nc2ccc(C(=O)O)cc2)cc1.O=C(O)C(F)(F)F. The molecule has 0 radical (unpaired) electrons. The standard InChI is InChI=1S/C17H18N4O5S.C2HF3O2/c18-16(19)11-3-7-14(8-4-11)27(25,26)20-10-9-15(22)21-13-5-1-12(2-6-13)17(23)24;3-2(4,5)1(6)7/h1-8,20H,9-10H2,(H3,18,19)(H,21,22)(H,23,24);(H,6,7). The average Bonchev–Trinajstić information content (AvgIpc) is 2.73. The number of alkyl halides is 3. The quantitative estimate of drug-likeness (QED) is 0.230. The number of aliphatic carboxylic acids is 1. The summed E-state index contributed by atoms with van der Waals surface area (Å²) in [5.74, 6) is -4.42. The molecule has 0 saturated carbocycles. The van der Waals surface area contributed by atoms with Crippen LogP contribution in [0.2, 0.25) is 0 Å². The number of hydrogen-bond acceptors (Lipinski definition) is 6. The molecular weight excluding hydrogens is 485 g/mol. The van der Waals surface area contributed by atoms with E-state index in [4.69, 9.17) is 26.2 Å². The lowest BCUT2D eigenvalue weighted by molar-refractivity contribution is -0.192. The summed E-state index contributed by atoms with van der Waals surface area (Å²) in [7, 11) is -3.79. The van der Waals surface area contributed by atoms with Gasteiger partial charge in [-0.3, -0.25) is 10.2 Å². The molecule has 0 bridgehead atoms. The van der Waals surface area contributed by atoms with Gasteiger partial charge in [0, 0.05) is 24.2 Å². The Hall–Kier alpha value is -3.98. The van der Waals surface area contributed by atoms with E-state index in [0.29, 0.717) is 11.3 Å². The molecule has 0 fully saturated rings. The number of anilines is 1. The van der Waals surface area contributed by atoms with Gasteiger partial charge in [-0.15, -0.1) is 0 Å². The number of rotatable bonds is 8. The van der Waals surface area contributed by atoms with Crippen LogP contribution in [0.3, 0.4) is 0 Å². The predicted molar refractivity (Wildman–Crippen MR) is 113 cm³/mol. The third kappa shape index (κ3) is 9.25. The van der Waals surface area contributed by atoms with Gasteiger partial charge >= 0.3 is 18.1 Å². The number of benzene rings is 2. The van der Waals surface area contributed by atoms with E-state index >= 15 is 0 Å². The first-order chi connectivity index (χ1) is 15.6. The number of nitrogen functional groups attached to an aromatic ring is 1. The lowest BCUT2D eigenvalue weighted by Crippen LogP contribution is -2.28. The second-order valence-electron chi connectivity index (χ2n) is 6.32. The Morgan fingerprint density at radius 3 is 1.82 bits per heavy atom. The van der Waals surface area contributed by atoms with Crippen LogP contribution in [-0.4, -0.2) is 55.0 Å². The highest BCUT2D eigenvalue weighted by Gasteiger charge is 2.38. The van der Waals surface area contributed by atoms with Crippen LogP contribution in [0.15, 0.2) is 53.4 Å². The van der Waals surface area contributed by atoms with E-state index in [1.807, 2.05) is 0 Å². The van der Waals surface area contributed by atoms with Gasteiger partial charge < -0.3 is 21.3 Å². The number of carbonyl (C=O) groups excluding carboxylic acids is 1. The summed E-state index contributed by atoms with van der Waals surface area (Å²) in [6.07, 6.45) is -5.19. The molecule has 0 aromatic heterocycles. The van der Waals surface area contributed by atoms with Crippen molar-refractivity contribution in [3.05, 3.63) is 59.7 Å². The van der Waals surface area contributed by atoms with Crippen molar-refractivity contribution in [2.45, 2.75) is 17.5 Å². The van der Waals surface area contributed by atoms with Crippen LogP contribution in [0, 0.1) is 5.41 Å². The highest BCUT2D eigenvalue weighted by atomic mass is 32.2. The maximum atomic E-state index is 12.2. The molecule has 0 unspecified atom stereocenters. The third-order valence-electron chi connectivity index (χ3n) is 3.78. The first-order valence-corrected chi connectivity index (χ1v) is 10.5. The fourth-order valence-electron chi connectivity index (χ4n) is 2.12. The van der Waals surface area contributed by atoms with E-state index in [0.717, 1.165) is 0 Å². The summed E-state index contributed by atoms with van der Waals surface area (Å²) < 4.78 is 58.4. The first-order valence-electron chi connectivity index (χ1n) is 9.01. The number of aromatic carboxylic acids is 1. The van der Waals surface area contributed by atoms with E-state index in [2.05, 4.69) is 10.0 Å². The minimum Gasteiger partial charge on any atom is -0.478 e. The smallest absolute Gasteiger partial charge is 0.478 e. The maximum Gasteiger partial charge on any atom is 0.490 e. The Morgan fingerprint density at radius 2 is 1.41 bits per heavy atom. The van der Waals surface area contributed by atoms with Crippen LogP contribution < -0.4 is 15.8 Å². The summed E-state index contributed by atoms with van der Waals surface area (Å²) in [5.41, 5.74) is 6.23. The molecule has 1 amide bonds. The number of carboxylic acids is 2. The number of carbonyl (C=O) groups is 3. The Morgan fingerprint density at radius 1 is 0.941 bits per heavy atom. The monoisotopic (exact) mass is 504 g/mol. The van der Waals surface area contributed by atoms with Crippen molar-refractivity contribution in [2.75, 3.05) is 11.9 Å². The van der Waals surface area contributed by atoms with Gasteiger partial charge in [0.25, 0.3) is 0 Å². The van der Waals surface area contributed by atoms with Crippen molar-refractivity contribution in [2.24, 2.45) is 5.73 Å². The highest BCUT2D eigenvalue weighted by molar-refractivity contribution is 7.89. The fraction of sp³-hybridized carbons (Fsp3) is 0.158. The van der Waals surface area contributed by atoms with E-state index in [9.17, 15) is 31.2 Å². The number of nitrogens with one attached hydrogen (secondary N) is 3. The zero-order valence-electron chi connectivity index (χ0n) is 17.1. The molecule has 0 aliphatic heterocycles. The number of nitrogens with two attached hydrogens (primary N) is 1. The molecular formula is C19H19F3N4O7S. The number of amides is 1. The molecule has 0 atom stereocenters. The van der Waals surface area contributed by atoms with Gasteiger partial charge in [0.1, 0.15) is 5.84 Å². The number of sulfonamides is 1. The molecule has 34 heavy (non-hydrogen) atoms. The summed E-state index contributed by atoms with van der Waals surface area (Å²) in [6, 6.07) is 11.1. The number of hydrogen-bond donors (Lipinski definition) is 6. The van der Waals surface area contributed by atoms with E-state index < -0.39 is 34.0 Å². The van der Waals surface area contributed by atoms with Crippen molar-refractivity contribution in [3.63, 3.8) is 0 Å². The van der Waals surface area contributed by atoms with Crippen LogP contribution in [-0.2, 0) is 19.6 Å². The van der Waals surface area contributed by atoms with Crippen LogP contribution >= 0.6 is 0 Å². The minimum atomic E-state index is -5.08. The summed E-state index contributed by atoms with van der Waals surface area (Å²) >= 11 is 0. The third-order valence-corrected chi connectivity index (χ3v) is 5.25. The van der Waals surface area contributed by atoms with Gasteiger partial charge in [-0.25, -0.2) is 22.7 Å². The molecule has 0 aliphatic rings. The normalized spacial score (nSPS) is 11.0. The summed E-state index contributed by atoms with van der Waals surface area (Å²) in [5, 5.41) is 25.8. The second kappa shape index (κ2) is 11.8.